The number of aromatic nitrogens is 3. The second-order valence-electron chi connectivity index (χ2n) is 4.73. The summed E-state index contributed by atoms with van der Waals surface area (Å²) in [4.78, 5) is 24.9. The highest BCUT2D eigenvalue weighted by molar-refractivity contribution is 6.03. The number of methoxy groups -OCH3 is 1. The number of carbonyl (C=O) groups is 1. The lowest BCUT2D eigenvalue weighted by Crippen LogP contribution is -2.18. The predicted octanol–water partition coefficient (Wildman–Crippen LogP) is 1.91. The molecule has 3 rings (SSSR count). The van der Waals surface area contributed by atoms with Gasteiger partial charge in [0, 0.05) is 17.5 Å². The first-order chi connectivity index (χ1) is 9.61. The number of nitrogens with one attached hydrogen (secondary N) is 1. The second-order valence-corrected chi connectivity index (χ2v) is 4.73. The summed E-state index contributed by atoms with van der Waals surface area (Å²) in [5.74, 6) is 0.00668. The minimum Gasteiger partial charge on any atom is -0.480 e. The summed E-state index contributed by atoms with van der Waals surface area (Å²) >= 11 is 0. The number of fused-ring (bicyclic) bond motifs is 3. The summed E-state index contributed by atoms with van der Waals surface area (Å²) < 4.78 is 5.36. The van der Waals surface area contributed by atoms with Crippen LogP contribution in [0.2, 0.25) is 0 Å². The summed E-state index contributed by atoms with van der Waals surface area (Å²) in [6, 6.07) is 1.82. The van der Waals surface area contributed by atoms with Crippen LogP contribution in [0.5, 0.6) is 5.88 Å². The molecule has 6 heteroatoms. The van der Waals surface area contributed by atoms with Crippen molar-refractivity contribution in [2.45, 2.75) is 19.8 Å². The van der Waals surface area contributed by atoms with Crippen molar-refractivity contribution in [1.82, 2.24) is 15.0 Å². The van der Waals surface area contributed by atoms with Gasteiger partial charge < -0.3 is 10.1 Å². The van der Waals surface area contributed by atoms with Crippen molar-refractivity contribution in [3.05, 3.63) is 30.0 Å². The monoisotopic (exact) mass is 270 g/mol. The van der Waals surface area contributed by atoms with E-state index in [1.165, 1.54) is 6.33 Å². The average Bonchev–Trinajstić information content (AvgIpc) is 2.55. The van der Waals surface area contributed by atoms with Crippen molar-refractivity contribution in [2.24, 2.45) is 0 Å². The van der Waals surface area contributed by atoms with E-state index in [2.05, 4.69) is 20.3 Å². The Bertz CT molecular complexity index is 700. The Hall–Kier alpha value is -2.50. The van der Waals surface area contributed by atoms with Gasteiger partial charge in [-0.25, -0.2) is 15.0 Å². The summed E-state index contributed by atoms with van der Waals surface area (Å²) in [5, 5.41) is 2.91. The number of carbonyl (C=O) groups excluding carboxylic acids is 1. The Balaban J connectivity index is 2.37. The van der Waals surface area contributed by atoms with Crippen LogP contribution in [0.15, 0.2) is 18.6 Å². The van der Waals surface area contributed by atoms with Crippen LogP contribution in [0, 0.1) is 6.92 Å². The van der Waals surface area contributed by atoms with Gasteiger partial charge in [0.2, 0.25) is 11.8 Å². The van der Waals surface area contributed by atoms with Gasteiger partial charge in [0.1, 0.15) is 6.33 Å². The van der Waals surface area contributed by atoms with Gasteiger partial charge in [-0.05, 0) is 19.9 Å². The number of hydrogen-bond acceptors (Lipinski definition) is 5. The summed E-state index contributed by atoms with van der Waals surface area (Å²) in [5.41, 5.74) is 3.64. The molecule has 0 bridgehead atoms. The van der Waals surface area contributed by atoms with Gasteiger partial charge in [0.15, 0.2) is 0 Å². The van der Waals surface area contributed by atoms with Crippen LogP contribution in [-0.4, -0.2) is 28.0 Å². The third-order valence-corrected chi connectivity index (χ3v) is 3.38. The van der Waals surface area contributed by atoms with E-state index in [9.17, 15) is 4.79 Å². The first-order valence-corrected chi connectivity index (χ1v) is 6.28. The Morgan fingerprint density at radius 1 is 1.40 bits per heavy atom. The van der Waals surface area contributed by atoms with E-state index in [0.29, 0.717) is 17.3 Å². The van der Waals surface area contributed by atoms with Gasteiger partial charge in [-0.1, -0.05) is 0 Å². The zero-order valence-electron chi connectivity index (χ0n) is 11.5. The van der Waals surface area contributed by atoms with Crippen molar-refractivity contribution in [2.75, 3.05) is 12.4 Å². The number of hydrogen-bond donors (Lipinski definition) is 1. The fourth-order valence-corrected chi connectivity index (χ4v) is 2.39. The number of anilines is 1. The van der Waals surface area contributed by atoms with Crippen LogP contribution in [0.25, 0.3) is 11.1 Å². The second kappa shape index (κ2) is 4.56. The van der Waals surface area contributed by atoms with E-state index >= 15 is 0 Å². The maximum atomic E-state index is 12.2. The minimum atomic E-state index is -0.356. The molecule has 0 aliphatic carbocycles. The average molecular weight is 270 g/mol. The zero-order chi connectivity index (χ0) is 14.3. The van der Waals surface area contributed by atoms with Crippen LogP contribution in [-0.2, 0) is 4.79 Å². The molecule has 2 aromatic rings. The van der Waals surface area contributed by atoms with E-state index < -0.39 is 0 Å². The molecule has 0 aromatic carbocycles. The van der Waals surface area contributed by atoms with Crippen molar-refractivity contribution in [3.63, 3.8) is 0 Å². The molecule has 0 spiro atoms. The lowest BCUT2D eigenvalue weighted by atomic mass is 9.99. The SMILES string of the molecule is COc1nc(C)cc2c1-c1cncnc1C(C)C(=O)N2. The molecule has 0 saturated carbocycles. The molecule has 0 saturated heterocycles. The van der Waals surface area contributed by atoms with Crippen molar-refractivity contribution in [1.29, 1.82) is 0 Å². The van der Waals surface area contributed by atoms with Crippen molar-refractivity contribution < 1.29 is 9.53 Å². The fraction of sp³-hybridized carbons (Fsp3) is 0.286. The van der Waals surface area contributed by atoms with Gasteiger partial charge in [0.25, 0.3) is 0 Å². The highest BCUT2D eigenvalue weighted by Gasteiger charge is 2.29. The van der Waals surface area contributed by atoms with Crippen LogP contribution in [0.1, 0.15) is 24.2 Å². The third kappa shape index (κ3) is 1.80. The molecule has 20 heavy (non-hydrogen) atoms. The Labute approximate surface area is 116 Å². The maximum Gasteiger partial charge on any atom is 0.233 e. The normalized spacial score (nSPS) is 16.8. The molecule has 0 fully saturated rings. The van der Waals surface area contributed by atoms with Gasteiger partial charge >= 0.3 is 0 Å². The number of rotatable bonds is 1. The van der Waals surface area contributed by atoms with E-state index in [1.54, 1.807) is 13.3 Å². The van der Waals surface area contributed by atoms with Crippen LogP contribution >= 0.6 is 0 Å². The van der Waals surface area contributed by atoms with Gasteiger partial charge in [-0.3, -0.25) is 4.79 Å². The predicted molar refractivity (Wildman–Crippen MR) is 73.6 cm³/mol. The Morgan fingerprint density at radius 3 is 2.95 bits per heavy atom. The smallest absolute Gasteiger partial charge is 0.233 e. The summed E-state index contributed by atoms with van der Waals surface area (Å²) in [6.07, 6.45) is 3.14. The van der Waals surface area contributed by atoms with Gasteiger partial charge in [-0.15, -0.1) is 0 Å². The molecule has 1 atom stereocenters. The first kappa shape index (κ1) is 12.5. The highest BCUT2D eigenvalue weighted by Crippen LogP contribution is 2.41. The molecule has 1 amide bonds. The number of aryl methyl sites for hydroxylation is 1. The highest BCUT2D eigenvalue weighted by atomic mass is 16.5. The van der Waals surface area contributed by atoms with E-state index in [4.69, 9.17) is 4.74 Å². The lowest BCUT2D eigenvalue weighted by molar-refractivity contribution is -0.117. The molecule has 3 heterocycles. The van der Waals surface area contributed by atoms with Crippen molar-refractivity contribution in [3.8, 4) is 17.0 Å². The van der Waals surface area contributed by atoms with Crippen LogP contribution < -0.4 is 10.1 Å². The van der Waals surface area contributed by atoms with Crippen LogP contribution in [0.3, 0.4) is 0 Å². The number of ether oxygens (including phenoxy) is 1. The molecule has 1 aliphatic rings. The largest absolute Gasteiger partial charge is 0.480 e. The molecule has 6 nitrogen and oxygen atoms in total. The van der Waals surface area contributed by atoms with E-state index in [0.717, 1.165) is 16.8 Å². The molecule has 1 N–H and O–H groups in total. The number of nitrogens with zero attached hydrogens (tertiary/aromatic N) is 3. The maximum absolute atomic E-state index is 12.2. The third-order valence-electron chi connectivity index (χ3n) is 3.38. The standard InChI is InChI=1S/C14H14N4O2/c1-7-4-10-11(14(17-7)20-3)9-5-15-6-16-12(9)8(2)13(19)18-10/h4-6,8H,1-3H3,(H,18,19). The Morgan fingerprint density at radius 2 is 2.20 bits per heavy atom. The first-order valence-electron chi connectivity index (χ1n) is 6.28. The molecule has 1 unspecified atom stereocenters. The molecule has 2 aromatic heterocycles. The van der Waals surface area contributed by atoms with E-state index in [1.807, 2.05) is 19.9 Å². The zero-order valence-corrected chi connectivity index (χ0v) is 11.5. The molecule has 102 valence electrons. The van der Waals surface area contributed by atoms with Gasteiger partial charge in [-0.2, -0.15) is 0 Å². The summed E-state index contributed by atoms with van der Waals surface area (Å²) in [7, 11) is 1.56. The Kier molecular flexibility index (Phi) is 2.85. The quantitative estimate of drug-likeness (QED) is 0.856. The van der Waals surface area contributed by atoms with Gasteiger partial charge in [0.05, 0.1) is 30.0 Å². The number of amides is 1. The minimum absolute atomic E-state index is 0.101. The van der Waals surface area contributed by atoms with E-state index in [-0.39, 0.29) is 11.8 Å². The molecule has 1 aliphatic heterocycles. The topological polar surface area (TPSA) is 77.0 Å². The molecular formula is C14H14N4O2. The van der Waals surface area contributed by atoms with Crippen molar-refractivity contribution >= 4 is 11.6 Å². The lowest BCUT2D eigenvalue weighted by Gasteiger charge is -2.12. The van der Waals surface area contributed by atoms with Crippen LogP contribution in [0.4, 0.5) is 5.69 Å². The molecular weight excluding hydrogens is 256 g/mol. The summed E-state index contributed by atoms with van der Waals surface area (Å²) in [6.45, 7) is 3.67. The molecule has 0 radical (unpaired) electrons. The fourth-order valence-electron chi connectivity index (χ4n) is 2.39. The number of pyridine rings is 1.